The third-order valence-corrected chi connectivity index (χ3v) is 4.21. The third-order valence-electron chi connectivity index (χ3n) is 3.96. The summed E-state index contributed by atoms with van der Waals surface area (Å²) in [6.45, 7) is 5.49. The summed E-state index contributed by atoms with van der Waals surface area (Å²) in [5.41, 5.74) is 5.73. The van der Waals surface area contributed by atoms with E-state index in [1.54, 1.807) is 18.2 Å². The number of thiocarbonyl (C=S) groups is 1. The average Bonchev–Trinajstić information content (AvgIpc) is 3.12. The van der Waals surface area contributed by atoms with E-state index in [2.05, 4.69) is 21.1 Å². The van der Waals surface area contributed by atoms with Crippen LogP contribution in [0.2, 0.25) is 0 Å². The number of rotatable bonds is 5. The van der Waals surface area contributed by atoms with Crippen LogP contribution in [0.15, 0.2) is 18.2 Å². The zero-order valence-electron chi connectivity index (χ0n) is 13.9. The monoisotopic (exact) mass is 366 g/mol. The molecule has 1 aromatic rings. The Bertz CT molecular complexity index is 622. The van der Waals surface area contributed by atoms with Gasteiger partial charge in [-0.1, -0.05) is 0 Å². The van der Waals surface area contributed by atoms with Gasteiger partial charge in [0.05, 0.1) is 13.2 Å². The molecule has 9 heteroatoms. The second-order valence-electron chi connectivity index (χ2n) is 5.71. The summed E-state index contributed by atoms with van der Waals surface area (Å²) in [5.74, 6) is 0.911. The molecule has 1 aromatic carbocycles. The van der Waals surface area contributed by atoms with E-state index in [1.807, 2.05) is 0 Å². The van der Waals surface area contributed by atoms with E-state index >= 15 is 0 Å². The van der Waals surface area contributed by atoms with Crippen LogP contribution in [0, 0.1) is 0 Å². The molecule has 0 bridgehead atoms. The van der Waals surface area contributed by atoms with Gasteiger partial charge in [0, 0.05) is 25.2 Å². The number of ether oxygens (including phenoxy) is 3. The molecule has 0 unspecified atom stereocenters. The molecule has 3 N–H and O–H groups in total. The number of carbonyl (C=O) groups is 1. The molecule has 1 amide bonds. The predicted octanol–water partition coefficient (Wildman–Crippen LogP) is 0.246. The van der Waals surface area contributed by atoms with E-state index < -0.39 is 0 Å². The Morgan fingerprint density at radius 1 is 1.16 bits per heavy atom. The molecule has 3 rings (SSSR count). The summed E-state index contributed by atoms with van der Waals surface area (Å²) in [4.78, 5) is 14.5. The quantitative estimate of drug-likeness (QED) is 0.389. The first-order valence-corrected chi connectivity index (χ1v) is 8.67. The van der Waals surface area contributed by atoms with Crippen LogP contribution in [0.4, 0.5) is 0 Å². The van der Waals surface area contributed by atoms with E-state index in [0.29, 0.717) is 22.2 Å². The Morgan fingerprint density at radius 3 is 2.80 bits per heavy atom. The van der Waals surface area contributed by atoms with Gasteiger partial charge < -0.3 is 19.5 Å². The van der Waals surface area contributed by atoms with Gasteiger partial charge in [-0.3, -0.25) is 20.5 Å². The molecule has 0 aliphatic carbocycles. The van der Waals surface area contributed by atoms with Crippen molar-refractivity contribution in [3.63, 3.8) is 0 Å². The largest absolute Gasteiger partial charge is 0.454 e. The van der Waals surface area contributed by atoms with Crippen LogP contribution in [0.1, 0.15) is 16.8 Å². The number of nitrogens with zero attached hydrogens (tertiary/aromatic N) is 1. The lowest BCUT2D eigenvalue weighted by Gasteiger charge is -2.26. The highest BCUT2D eigenvalue weighted by atomic mass is 32.1. The van der Waals surface area contributed by atoms with Gasteiger partial charge in [-0.25, -0.2) is 0 Å². The van der Waals surface area contributed by atoms with E-state index in [9.17, 15) is 4.79 Å². The van der Waals surface area contributed by atoms with Gasteiger partial charge in [0.15, 0.2) is 16.6 Å². The van der Waals surface area contributed by atoms with Gasteiger partial charge in [0.25, 0.3) is 5.91 Å². The van der Waals surface area contributed by atoms with E-state index in [0.717, 1.165) is 45.8 Å². The van der Waals surface area contributed by atoms with Crippen molar-refractivity contribution in [2.75, 3.05) is 46.2 Å². The minimum Gasteiger partial charge on any atom is -0.454 e. The van der Waals surface area contributed by atoms with Crippen molar-refractivity contribution in [1.82, 2.24) is 21.1 Å². The third kappa shape index (κ3) is 5.18. The molecule has 2 aliphatic rings. The number of fused-ring (bicyclic) bond motifs is 1. The molecule has 1 saturated heterocycles. The van der Waals surface area contributed by atoms with Crippen molar-refractivity contribution in [2.45, 2.75) is 6.42 Å². The highest BCUT2D eigenvalue weighted by Gasteiger charge is 2.16. The van der Waals surface area contributed by atoms with Crippen LogP contribution < -0.4 is 25.6 Å². The maximum Gasteiger partial charge on any atom is 0.269 e. The van der Waals surface area contributed by atoms with E-state index in [1.165, 1.54) is 0 Å². The fourth-order valence-corrected chi connectivity index (χ4v) is 2.75. The minimum atomic E-state index is -0.296. The van der Waals surface area contributed by atoms with E-state index in [4.69, 9.17) is 26.4 Å². The summed E-state index contributed by atoms with van der Waals surface area (Å²) in [6, 6.07) is 5.01. The summed E-state index contributed by atoms with van der Waals surface area (Å²) < 4.78 is 15.8. The van der Waals surface area contributed by atoms with Crippen LogP contribution in [0.25, 0.3) is 0 Å². The van der Waals surface area contributed by atoms with Gasteiger partial charge in [-0.15, -0.1) is 0 Å². The minimum absolute atomic E-state index is 0.178. The van der Waals surface area contributed by atoms with Crippen molar-refractivity contribution in [3.8, 4) is 11.5 Å². The standard InChI is InChI=1S/C16H22N4O4S/c21-15(12-2-3-13-14(10-12)24-11-23-13)18-19-16(25)17-4-1-5-20-6-8-22-9-7-20/h2-3,10H,1,4-9,11H2,(H,18,21)(H2,17,19,25). The lowest BCUT2D eigenvalue weighted by molar-refractivity contribution is 0.0376. The summed E-state index contributed by atoms with van der Waals surface area (Å²) in [7, 11) is 0. The molecule has 25 heavy (non-hydrogen) atoms. The van der Waals surface area contributed by atoms with Gasteiger partial charge in [0.1, 0.15) is 0 Å². The first kappa shape index (κ1) is 17.7. The predicted molar refractivity (Wildman–Crippen MR) is 95.6 cm³/mol. The number of nitrogens with one attached hydrogen (secondary N) is 3. The Hall–Kier alpha value is -2.10. The number of hydrogen-bond acceptors (Lipinski definition) is 6. The second kappa shape index (κ2) is 8.84. The zero-order valence-corrected chi connectivity index (χ0v) is 14.7. The normalized spacial score (nSPS) is 16.3. The molecule has 8 nitrogen and oxygen atoms in total. The van der Waals surface area contributed by atoms with Crippen molar-refractivity contribution in [2.24, 2.45) is 0 Å². The zero-order chi connectivity index (χ0) is 17.5. The number of benzene rings is 1. The summed E-state index contributed by atoms with van der Waals surface area (Å²) in [5, 5.41) is 3.46. The Balaban J connectivity index is 1.32. The van der Waals surface area contributed by atoms with Crippen LogP contribution in [-0.2, 0) is 4.74 Å². The smallest absolute Gasteiger partial charge is 0.269 e. The molecule has 2 aliphatic heterocycles. The van der Waals surface area contributed by atoms with Crippen molar-refractivity contribution in [1.29, 1.82) is 0 Å². The number of amides is 1. The SMILES string of the molecule is O=C(NNC(=S)NCCCN1CCOCC1)c1ccc2c(c1)OCO2. The van der Waals surface area contributed by atoms with Gasteiger partial charge >= 0.3 is 0 Å². The molecule has 0 atom stereocenters. The molecular formula is C16H22N4O4S. The van der Waals surface area contributed by atoms with Crippen LogP contribution in [0.3, 0.4) is 0 Å². The highest BCUT2D eigenvalue weighted by molar-refractivity contribution is 7.80. The highest BCUT2D eigenvalue weighted by Crippen LogP contribution is 2.32. The summed E-state index contributed by atoms with van der Waals surface area (Å²) in [6.07, 6.45) is 0.970. The molecule has 0 radical (unpaired) electrons. The Labute approximate surface area is 151 Å². The molecule has 1 fully saturated rings. The van der Waals surface area contributed by atoms with Gasteiger partial charge in [-0.05, 0) is 43.4 Å². The number of morpholine rings is 1. The maximum absolute atomic E-state index is 12.1. The van der Waals surface area contributed by atoms with Crippen LogP contribution in [0.5, 0.6) is 11.5 Å². The molecule has 0 saturated carbocycles. The van der Waals surface area contributed by atoms with Crippen LogP contribution >= 0.6 is 12.2 Å². The second-order valence-corrected chi connectivity index (χ2v) is 6.12. The van der Waals surface area contributed by atoms with Gasteiger partial charge in [-0.2, -0.15) is 0 Å². The van der Waals surface area contributed by atoms with Crippen molar-refractivity contribution in [3.05, 3.63) is 23.8 Å². The molecule has 0 aromatic heterocycles. The average molecular weight is 366 g/mol. The summed E-state index contributed by atoms with van der Waals surface area (Å²) >= 11 is 5.16. The molecule has 136 valence electrons. The molecule has 0 spiro atoms. The number of hydrazine groups is 1. The topological polar surface area (TPSA) is 84.1 Å². The lowest BCUT2D eigenvalue weighted by atomic mass is 10.2. The number of carbonyl (C=O) groups excluding carboxylic acids is 1. The van der Waals surface area contributed by atoms with Crippen molar-refractivity contribution >= 4 is 23.2 Å². The molecule has 2 heterocycles. The number of hydrogen-bond donors (Lipinski definition) is 3. The molecular weight excluding hydrogens is 344 g/mol. The van der Waals surface area contributed by atoms with Crippen LogP contribution in [-0.4, -0.2) is 62.1 Å². The van der Waals surface area contributed by atoms with E-state index in [-0.39, 0.29) is 12.7 Å². The first-order chi connectivity index (χ1) is 12.2. The van der Waals surface area contributed by atoms with Gasteiger partial charge in [0.2, 0.25) is 6.79 Å². The van der Waals surface area contributed by atoms with Crippen molar-refractivity contribution < 1.29 is 19.0 Å². The Kier molecular flexibility index (Phi) is 6.26. The maximum atomic E-state index is 12.1. The Morgan fingerprint density at radius 2 is 1.96 bits per heavy atom. The fraction of sp³-hybridized carbons (Fsp3) is 0.500. The lowest BCUT2D eigenvalue weighted by Crippen LogP contribution is -2.47. The fourth-order valence-electron chi connectivity index (χ4n) is 2.60. The first-order valence-electron chi connectivity index (χ1n) is 8.26.